The van der Waals surface area contributed by atoms with Crippen molar-refractivity contribution < 1.29 is 4.79 Å². The number of nitrogens with zero attached hydrogens (tertiary/aromatic N) is 4. The molecule has 2 aliphatic heterocycles. The first kappa shape index (κ1) is 23.9. The summed E-state index contributed by atoms with van der Waals surface area (Å²) in [5, 5.41) is 3.15. The maximum atomic E-state index is 13.0. The average molecular weight is 490 g/mol. The molecule has 3 heterocycles. The molecule has 2 aromatic carbocycles. The average Bonchev–Trinajstić information content (AvgIpc) is 3.35. The molecule has 1 aromatic heterocycles. The summed E-state index contributed by atoms with van der Waals surface area (Å²) in [6.07, 6.45) is 0. The maximum Gasteiger partial charge on any atom is 0.321 e. The van der Waals surface area contributed by atoms with E-state index in [1.165, 1.54) is 21.0 Å². The van der Waals surface area contributed by atoms with Crippen LogP contribution in [0.25, 0.3) is 10.4 Å². The fraction of sp³-hybridized carbons (Fsp3) is 0.393. The second-order valence-electron chi connectivity index (χ2n) is 9.61. The number of benzene rings is 2. The zero-order valence-corrected chi connectivity index (χ0v) is 21.6. The summed E-state index contributed by atoms with van der Waals surface area (Å²) in [5.41, 5.74) is 4.53. The van der Waals surface area contributed by atoms with Crippen LogP contribution in [0.5, 0.6) is 0 Å². The highest BCUT2D eigenvalue weighted by Crippen LogP contribution is 2.29. The van der Waals surface area contributed by atoms with Crippen molar-refractivity contribution in [1.82, 2.24) is 14.7 Å². The lowest BCUT2D eigenvalue weighted by Crippen LogP contribution is -2.49. The number of anilines is 2. The van der Waals surface area contributed by atoms with Crippen molar-refractivity contribution in [1.29, 1.82) is 0 Å². The first-order chi connectivity index (χ1) is 17.0. The van der Waals surface area contributed by atoms with Gasteiger partial charge in [0.15, 0.2) is 0 Å². The third-order valence-corrected chi connectivity index (χ3v) is 8.20. The van der Waals surface area contributed by atoms with Crippen molar-refractivity contribution in [2.45, 2.75) is 13.5 Å². The fourth-order valence-electron chi connectivity index (χ4n) is 4.79. The molecule has 0 saturated carbocycles. The molecule has 3 aromatic rings. The van der Waals surface area contributed by atoms with Crippen LogP contribution in [0.1, 0.15) is 10.4 Å². The Morgan fingerprint density at radius 2 is 1.63 bits per heavy atom. The first-order valence-electron chi connectivity index (χ1n) is 12.5. The molecule has 5 rings (SSSR count). The number of urea groups is 1. The number of piperazine rings is 2. The SMILES string of the molecule is Cc1cc(N2CCN(C)CC2)ccc1NC(=O)N1CCN(Cc2ccc(-c3ccccc3)s2)CC1. The smallest absolute Gasteiger partial charge is 0.321 e. The van der Waals surface area contributed by atoms with Crippen molar-refractivity contribution in [2.75, 3.05) is 69.6 Å². The van der Waals surface area contributed by atoms with Crippen molar-refractivity contribution in [3.63, 3.8) is 0 Å². The van der Waals surface area contributed by atoms with Gasteiger partial charge in [0.25, 0.3) is 0 Å². The van der Waals surface area contributed by atoms with E-state index in [1.807, 2.05) is 16.2 Å². The summed E-state index contributed by atoms with van der Waals surface area (Å²) in [6, 6.07) is 21.4. The van der Waals surface area contributed by atoms with Crippen LogP contribution in [-0.4, -0.2) is 80.1 Å². The van der Waals surface area contributed by atoms with E-state index in [1.54, 1.807) is 0 Å². The Labute approximate surface area is 212 Å². The Kier molecular flexibility index (Phi) is 7.37. The van der Waals surface area contributed by atoms with Crippen molar-refractivity contribution in [3.05, 3.63) is 71.1 Å². The highest BCUT2D eigenvalue weighted by molar-refractivity contribution is 7.15. The van der Waals surface area contributed by atoms with E-state index >= 15 is 0 Å². The molecular weight excluding hydrogens is 454 g/mol. The van der Waals surface area contributed by atoms with Gasteiger partial charge in [0.2, 0.25) is 0 Å². The number of amides is 2. The van der Waals surface area contributed by atoms with E-state index in [2.05, 4.69) is 94.7 Å². The lowest BCUT2D eigenvalue weighted by Gasteiger charge is -2.35. The predicted molar refractivity (Wildman–Crippen MR) is 147 cm³/mol. The maximum absolute atomic E-state index is 13.0. The quantitative estimate of drug-likeness (QED) is 0.558. The van der Waals surface area contributed by atoms with E-state index < -0.39 is 0 Å². The van der Waals surface area contributed by atoms with Crippen molar-refractivity contribution in [2.24, 2.45) is 0 Å². The van der Waals surface area contributed by atoms with Gasteiger partial charge in [0, 0.05) is 80.0 Å². The molecule has 0 spiro atoms. The van der Waals surface area contributed by atoms with Crippen LogP contribution < -0.4 is 10.2 Å². The number of aryl methyl sites for hydroxylation is 1. The third-order valence-electron chi connectivity index (χ3n) is 7.08. The molecular formula is C28H35N5OS. The number of carbonyl (C=O) groups is 1. The number of carbonyl (C=O) groups excluding carboxylic acids is 1. The lowest BCUT2D eigenvalue weighted by molar-refractivity contribution is 0.143. The minimum absolute atomic E-state index is 0.00239. The van der Waals surface area contributed by atoms with Gasteiger partial charge >= 0.3 is 6.03 Å². The second-order valence-corrected chi connectivity index (χ2v) is 10.8. The molecule has 2 amide bonds. The Bertz CT molecular complexity index is 1130. The molecule has 2 saturated heterocycles. The number of likely N-dealkylation sites (N-methyl/N-ethyl adjacent to an activating group) is 1. The number of nitrogens with one attached hydrogen (secondary N) is 1. The highest BCUT2D eigenvalue weighted by Gasteiger charge is 2.22. The minimum Gasteiger partial charge on any atom is -0.369 e. The van der Waals surface area contributed by atoms with Gasteiger partial charge in [-0.1, -0.05) is 30.3 Å². The zero-order chi connectivity index (χ0) is 24.2. The molecule has 0 bridgehead atoms. The Balaban J connectivity index is 1.11. The summed E-state index contributed by atoms with van der Waals surface area (Å²) in [7, 11) is 2.17. The second kappa shape index (κ2) is 10.8. The predicted octanol–water partition coefficient (Wildman–Crippen LogP) is 4.83. The molecule has 0 radical (unpaired) electrons. The van der Waals surface area contributed by atoms with Crippen molar-refractivity contribution in [3.8, 4) is 10.4 Å². The normalized spacial score (nSPS) is 17.5. The lowest BCUT2D eigenvalue weighted by atomic mass is 10.1. The Morgan fingerprint density at radius 1 is 0.886 bits per heavy atom. The van der Waals surface area contributed by atoms with E-state index in [0.29, 0.717) is 0 Å². The van der Waals surface area contributed by atoms with E-state index in [9.17, 15) is 4.79 Å². The molecule has 0 aliphatic carbocycles. The van der Waals surface area contributed by atoms with Crippen LogP contribution in [0.3, 0.4) is 0 Å². The first-order valence-corrected chi connectivity index (χ1v) is 13.3. The van der Waals surface area contributed by atoms with Gasteiger partial charge < -0.3 is 20.0 Å². The number of rotatable bonds is 5. The number of thiophene rings is 1. The standard InChI is InChI=1S/C28H35N5OS/c1-22-20-24(32-16-12-30(2)13-17-32)8-10-26(22)29-28(34)33-18-14-31(15-19-33)21-25-9-11-27(35-25)23-6-4-3-5-7-23/h3-11,20H,12-19,21H2,1-2H3,(H,29,34). The van der Waals surface area contributed by atoms with E-state index in [4.69, 9.17) is 0 Å². The summed E-state index contributed by atoms with van der Waals surface area (Å²) in [5.74, 6) is 0. The van der Waals surface area contributed by atoms with Gasteiger partial charge in [-0.2, -0.15) is 0 Å². The number of hydrogen-bond donors (Lipinski definition) is 1. The van der Waals surface area contributed by atoms with Gasteiger partial charge in [-0.3, -0.25) is 4.90 Å². The van der Waals surface area contributed by atoms with Crippen LogP contribution in [-0.2, 0) is 6.54 Å². The van der Waals surface area contributed by atoms with Crippen LogP contribution in [0, 0.1) is 6.92 Å². The van der Waals surface area contributed by atoms with Gasteiger partial charge in [0.05, 0.1) is 0 Å². The van der Waals surface area contributed by atoms with Gasteiger partial charge in [-0.25, -0.2) is 4.79 Å². The molecule has 0 atom stereocenters. The minimum atomic E-state index is 0.00239. The molecule has 1 N–H and O–H groups in total. The summed E-state index contributed by atoms with van der Waals surface area (Å²) in [4.78, 5) is 24.8. The zero-order valence-electron chi connectivity index (χ0n) is 20.7. The summed E-state index contributed by atoms with van der Waals surface area (Å²) < 4.78 is 0. The summed E-state index contributed by atoms with van der Waals surface area (Å²) >= 11 is 1.86. The molecule has 2 aliphatic rings. The van der Waals surface area contributed by atoms with Crippen LogP contribution >= 0.6 is 11.3 Å². The molecule has 0 unspecified atom stereocenters. The largest absolute Gasteiger partial charge is 0.369 e. The molecule has 2 fully saturated rings. The van der Waals surface area contributed by atoms with Crippen molar-refractivity contribution >= 4 is 28.7 Å². The van der Waals surface area contributed by atoms with E-state index in [-0.39, 0.29) is 6.03 Å². The van der Waals surface area contributed by atoms with Gasteiger partial charge in [-0.05, 0) is 55.4 Å². The highest BCUT2D eigenvalue weighted by atomic mass is 32.1. The van der Waals surface area contributed by atoms with Crippen LogP contribution in [0.15, 0.2) is 60.7 Å². The van der Waals surface area contributed by atoms with Gasteiger partial charge in [0.1, 0.15) is 0 Å². The van der Waals surface area contributed by atoms with E-state index in [0.717, 1.165) is 70.2 Å². The molecule has 6 nitrogen and oxygen atoms in total. The topological polar surface area (TPSA) is 42.1 Å². The fourth-order valence-corrected chi connectivity index (χ4v) is 5.85. The van der Waals surface area contributed by atoms with Crippen LogP contribution in [0.4, 0.5) is 16.2 Å². The molecule has 184 valence electrons. The van der Waals surface area contributed by atoms with Crippen LogP contribution in [0.2, 0.25) is 0 Å². The third kappa shape index (κ3) is 5.86. The Morgan fingerprint density at radius 3 is 2.34 bits per heavy atom. The monoisotopic (exact) mass is 489 g/mol. The summed E-state index contributed by atoms with van der Waals surface area (Å²) in [6.45, 7) is 10.6. The van der Waals surface area contributed by atoms with Gasteiger partial charge in [-0.15, -0.1) is 11.3 Å². The molecule has 35 heavy (non-hydrogen) atoms. The Hall–Kier alpha value is -2.87. The molecule has 7 heteroatoms. The number of hydrogen-bond acceptors (Lipinski definition) is 5.